The van der Waals surface area contributed by atoms with E-state index in [9.17, 15) is 14.0 Å². The molecule has 5 heteroatoms. The molecule has 1 aromatic carbocycles. The van der Waals surface area contributed by atoms with Crippen LogP contribution in [0.5, 0.6) is 11.5 Å². The lowest BCUT2D eigenvalue weighted by molar-refractivity contribution is -0.120. The molecule has 0 aromatic heterocycles. The normalized spacial score (nSPS) is 11.8. The lowest BCUT2D eigenvalue weighted by atomic mass is 10.0. The number of carbonyl (C=O) groups excluding carboxylic acids is 2. The first-order chi connectivity index (χ1) is 9.02. The van der Waals surface area contributed by atoms with Gasteiger partial charge < -0.3 is 9.47 Å². The summed E-state index contributed by atoms with van der Waals surface area (Å²) in [6.45, 7) is 5.27. The van der Waals surface area contributed by atoms with Gasteiger partial charge >= 0.3 is 0 Å². The van der Waals surface area contributed by atoms with Crippen LogP contribution < -0.4 is 9.47 Å². The van der Waals surface area contributed by atoms with E-state index < -0.39 is 17.7 Å². The molecule has 1 aromatic rings. The highest BCUT2D eigenvalue weighted by molar-refractivity contribution is 6.14. The van der Waals surface area contributed by atoms with E-state index in [0.29, 0.717) is 19.0 Å². The minimum Gasteiger partial charge on any atom is -0.490 e. The molecule has 0 saturated carbocycles. The Balaban J connectivity index is 3.22. The number of ether oxygens (including phenoxy) is 2. The molecule has 1 unspecified atom stereocenters. The van der Waals surface area contributed by atoms with Crippen molar-refractivity contribution in [3.05, 3.63) is 23.8 Å². The van der Waals surface area contributed by atoms with Crippen LogP contribution in [0.1, 0.15) is 31.1 Å². The lowest BCUT2D eigenvalue weighted by Gasteiger charge is -2.15. The maximum atomic E-state index is 13.5. The maximum absolute atomic E-state index is 13.5. The van der Waals surface area contributed by atoms with Gasteiger partial charge in [0.25, 0.3) is 0 Å². The zero-order valence-electron chi connectivity index (χ0n) is 11.2. The van der Waals surface area contributed by atoms with Gasteiger partial charge in [-0.3, -0.25) is 9.59 Å². The molecule has 0 aliphatic heterocycles. The molecule has 1 atom stereocenters. The molecule has 0 radical (unpaired) electrons. The highest BCUT2D eigenvalue weighted by Crippen LogP contribution is 2.32. The number of rotatable bonds is 7. The summed E-state index contributed by atoms with van der Waals surface area (Å²) in [7, 11) is 0. The van der Waals surface area contributed by atoms with Crippen LogP contribution in [0, 0.1) is 0 Å². The Hall–Kier alpha value is -1.91. The minimum atomic E-state index is -2.17. The molecular weight excluding hydrogens is 251 g/mol. The number of hydrogen-bond donors (Lipinski definition) is 0. The van der Waals surface area contributed by atoms with E-state index in [1.807, 2.05) is 0 Å². The molecule has 19 heavy (non-hydrogen) atoms. The van der Waals surface area contributed by atoms with Gasteiger partial charge in [-0.25, -0.2) is 4.39 Å². The number of benzene rings is 1. The second-order valence-corrected chi connectivity index (χ2v) is 3.84. The first kappa shape index (κ1) is 15.1. The van der Waals surface area contributed by atoms with Gasteiger partial charge in [0.2, 0.25) is 12.0 Å². The molecule has 0 N–H and O–H groups in total. The Bertz CT molecular complexity index is 471. The first-order valence-corrected chi connectivity index (χ1v) is 6.10. The summed E-state index contributed by atoms with van der Waals surface area (Å²) in [5, 5.41) is 0. The molecule has 0 amide bonds. The summed E-state index contributed by atoms with van der Waals surface area (Å²) in [6, 6.07) is 4.62. The van der Waals surface area contributed by atoms with Gasteiger partial charge in [-0.15, -0.1) is 0 Å². The zero-order chi connectivity index (χ0) is 14.4. The molecule has 1 rings (SSSR count). The van der Waals surface area contributed by atoms with E-state index in [4.69, 9.17) is 9.47 Å². The molecule has 0 fully saturated rings. The number of carbonyl (C=O) groups is 2. The largest absolute Gasteiger partial charge is 0.490 e. The number of hydrogen-bond acceptors (Lipinski definition) is 4. The van der Waals surface area contributed by atoms with Crippen LogP contribution in [0.3, 0.4) is 0 Å². The smallest absolute Gasteiger partial charge is 0.220 e. The zero-order valence-corrected chi connectivity index (χ0v) is 11.2. The molecule has 0 saturated heterocycles. The van der Waals surface area contributed by atoms with Gasteiger partial charge in [0.1, 0.15) is 0 Å². The van der Waals surface area contributed by atoms with E-state index in [2.05, 4.69) is 0 Å². The third kappa shape index (κ3) is 3.53. The average Bonchev–Trinajstić information content (AvgIpc) is 2.39. The van der Waals surface area contributed by atoms with Crippen molar-refractivity contribution in [1.29, 1.82) is 0 Å². The Kier molecular flexibility index (Phi) is 5.48. The third-order valence-corrected chi connectivity index (χ3v) is 2.42. The van der Waals surface area contributed by atoms with E-state index in [-0.39, 0.29) is 11.3 Å². The van der Waals surface area contributed by atoms with Gasteiger partial charge in [0, 0.05) is 0 Å². The van der Waals surface area contributed by atoms with Crippen LogP contribution in [0.2, 0.25) is 0 Å². The topological polar surface area (TPSA) is 52.6 Å². The number of alkyl halides is 1. The summed E-state index contributed by atoms with van der Waals surface area (Å²) in [5.41, 5.74) is 0.0236. The number of para-hydroxylation sites is 1. The fourth-order valence-corrected chi connectivity index (χ4v) is 1.59. The predicted octanol–water partition coefficient (Wildman–Crippen LogP) is 2.59. The maximum Gasteiger partial charge on any atom is 0.220 e. The lowest BCUT2D eigenvalue weighted by Crippen LogP contribution is -2.24. The quantitative estimate of drug-likeness (QED) is 0.563. The monoisotopic (exact) mass is 268 g/mol. The van der Waals surface area contributed by atoms with Crippen LogP contribution in [0.4, 0.5) is 4.39 Å². The Labute approximate surface area is 111 Å². The third-order valence-electron chi connectivity index (χ3n) is 2.42. The van der Waals surface area contributed by atoms with E-state index >= 15 is 0 Å². The number of Topliss-reactive ketones (excluding diaryl/α,β-unsaturated/α-hetero) is 2. The summed E-state index contributed by atoms with van der Waals surface area (Å²) < 4.78 is 24.2. The van der Waals surface area contributed by atoms with Gasteiger partial charge in [0.15, 0.2) is 17.3 Å². The molecule has 0 bridgehead atoms. The van der Waals surface area contributed by atoms with Crippen LogP contribution in [0.15, 0.2) is 18.2 Å². The van der Waals surface area contributed by atoms with Crippen molar-refractivity contribution >= 4 is 11.6 Å². The van der Waals surface area contributed by atoms with E-state index in [1.54, 1.807) is 26.0 Å². The van der Waals surface area contributed by atoms with E-state index in [0.717, 1.165) is 6.92 Å². The van der Waals surface area contributed by atoms with Crippen LogP contribution >= 0.6 is 0 Å². The molecule has 0 heterocycles. The van der Waals surface area contributed by atoms with Crippen LogP contribution in [-0.4, -0.2) is 31.0 Å². The van der Waals surface area contributed by atoms with Crippen molar-refractivity contribution in [2.24, 2.45) is 0 Å². The number of halogens is 1. The highest BCUT2D eigenvalue weighted by Gasteiger charge is 2.27. The van der Waals surface area contributed by atoms with Gasteiger partial charge in [-0.1, -0.05) is 6.07 Å². The van der Waals surface area contributed by atoms with Crippen LogP contribution in [0.25, 0.3) is 0 Å². The Morgan fingerprint density at radius 3 is 2.37 bits per heavy atom. The van der Waals surface area contributed by atoms with Crippen molar-refractivity contribution in [2.45, 2.75) is 26.9 Å². The Morgan fingerprint density at radius 1 is 1.21 bits per heavy atom. The summed E-state index contributed by atoms with van der Waals surface area (Å²) in [4.78, 5) is 22.9. The molecule has 0 aliphatic carbocycles. The summed E-state index contributed by atoms with van der Waals surface area (Å²) in [6.07, 6.45) is -2.17. The fourth-order valence-electron chi connectivity index (χ4n) is 1.59. The van der Waals surface area contributed by atoms with Gasteiger partial charge in [0.05, 0.1) is 18.8 Å². The van der Waals surface area contributed by atoms with Crippen molar-refractivity contribution < 1.29 is 23.5 Å². The number of ketones is 2. The average molecular weight is 268 g/mol. The molecule has 104 valence electrons. The first-order valence-electron chi connectivity index (χ1n) is 6.10. The summed E-state index contributed by atoms with van der Waals surface area (Å²) in [5.74, 6) is -1.18. The van der Waals surface area contributed by atoms with Crippen molar-refractivity contribution in [3.63, 3.8) is 0 Å². The summed E-state index contributed by atoms with van der Waals surface area (Å²) >= 11 is 0. The highest BCUT2D eigenvalue weighted by atomic mass is 19.1. The molecular formula is C14H17FO4. The molecule has 0 spiro atoms. The molecule has 4 nitrogen and oxygen atoms in total. The molecule has 0 aliphatic rings. The van der Waals surface area contributed by atoms with Gasteiger partial charge in [-0.2, -0.15) is 0 Å². The van der Waals surface area contributed by atoms with Crippen molar-refractivity contribution in [1.82, 2.24) is 0 Å². The predicted molar refractivity (Wildman–Crippen MR) is 68.7 cm³/mol. The second-order valence-electron chi connectivity index (χ2n) is 3.84. The second kappa shape index (κ2) is 6.87. The minimum absolute atomic E-state index is 0.0236. The van der Waals surface area contributed by atoms with Crippen molar-refractivity contribution in [3.8, 4) is 11.5 Å². The van der Waals surface area contributed by atoms with Gasteiger partial charge in [-0.05, 0) is 32.9 Å². The Morgan fingerprint density at radius 2 is 1.84 bits per heavy atom. The standard InChI is InChI=1S/C14H17FO4/c1-4-18-11-8-6-7-10(14(11)19-5-2)13(17)12(15)9(3)16/h6-8,12H,4-5H2,1-3H3. The van der Waals surface area contributed by atoms with Crippen molar-refractivity contribution in [2.75, 3.05) is 13.2 Å². The van der Waals surface area contributed by atoms with E-state index in [1.165, 1.54) is 6.07 Å². The SMILES string of the molecule is CCOc1cccc(C(=O)C(F)C(C)=O)c1OCC. The fraction of sp³-hybridized carbons (Fsp3) is 0.429. The van der Waals surface area contributed by atoms with Crippen LogP contribution in [-0.2, 0) is 4.79 Å².